The smallest absolute Gasteiger partial charge is 0.411 e. The lowest BCUT2D eigenvalue weighted by molar-refractivity contribution is 0.167. The zero-order chi connectivity index (χ0) is 34.5. The van der Waals surface area contributed by atoms with Gasteiger partial charge in [0.2, 0.25) is 0 Å². The topological polar surface area (TPSA) is 89.3 Å². The molecule has 0 fully saturated rings. The van der Waals surface area contributed by atoms with Crippen LogP contribution in [0.5, 0.6) is 11.5 Å². The normalized spacial score (nSPS) is 10.6. The van der Waals surface area contributed by atoms with Gasteiger partial charge in [-0.3, -0.25) is 5.32 Å². The third-order valence-electron chi connectivity index (χ3n) is 6.70. The number of carbonyl (C=O) groups is 1. The predicted molar refractivity (Wildman–Crippen MR) is 185 cm³/mol. The molecule has 0 aliphatic heterocycles. The van der Waals surface area contributed by atoms with Crippen LogP contribution in [0.2, 0.25) is 0 Å². The number of halogens is 2. The molecule has 4 aromatic carbocycles. The molecule has 0 aliphatic rings. The van der Waals surface area contributed by atoms with E-state index in [1.165, 1.54) is 24.3 Å². The van der Waals surface area contributed by atoms with Gasteiger partial charge in [0.05, 0.1) is 30.2 Å². The molecule has 10 heteroatoms. The minimum Gasteiger partial charge on any atom is -0.489 e. The number of rotatable bonds is 12. The van der Waals surface area contributed by atoms with E-state index in [0.29, 0.717) is 24.6 Å². The molecule has 0 aromatic heterocycles. The third-order valence-corrected chi connectivity index (χ3v) is 6.70. The third kappa shape index (κ3) is 12.1. The first-order valence-corrected chi connectivity index (χ1v) is 15.6. The molecule has 252 valence electrons. The summed E-state index contributed by atoms with van der Waals surface area (Å²) in [5, 5.41) is 4.23. The first-order chi connectivity index (χ1) is 22.3. The van der Waals surface area contributed by atoms with E-state index >= 15 is 0 Å². The number of hydrogen-bond acceptors (Lipinski definition) is 7. The summed E-state index contributed by atoms with van der Waals surface area (Å²) in [6.45, 7) is 10.5. The van der Waals surface area contributed by atoms with Gasteiger partial charge in [-0.15, -0.1) is 0 Å². The van der Waals surface area contributed by atoms with Gasteiger partial charge in [0.1, 0.15) is 23.1 Å². The van der Waals surface area contributed by atoms with Crippen LogP contribution in [-0.2, 0) is 17.7 Å². The Morgan fingerprint density at radius 1 is 0.766 bits per heavy atom. The minimum atomic E-state index is -0.520. The second kappa shape index (κ2) is 17.8. The summed E-state index contributed by atoms with van der Waals surface area (Å²) in [6.07, 6.45) is 0.234. The lowest BCUT2D eigenvalue weighted by atomic mass is 10.0. The molecule has 4 rings (SSSR count). The van der Waals surface area contributed by atoms with Crippen LogP contribution < -0.4 is 30.5 Å². The molecule has 0 spiro atoms. The lowest BCUT2D eigenvalue weighted by Gasteiger charge is -2.22. The van der Waals surface area contributed by atoms with Crippen molar-refractivity contribution in [2.24, 2.45) is 5.84 Å². The van der Waals surface area contributed by atoms with Crippen molar-refractivity contribution in [2.45, 2.75) is 59.8 Å². The van der Waals surface area contributed by atoms with Gasteiger partial charge in [0, 0.05) is 32.4 Å². The van der Waals surface area contributed by atoms with E-state index in [1.54, 1.807) is 49.3 Å². The van der Waals surface area contributed by atoms with Crippen molar-refractivity contribution >= 4 is 23.2 Å². The van der Waals surface area contributed by atoms with Crippen LogP contribution in [0.3, 0.4) is 0 Å². The summed E-state index contributed by atoms with van der Waals surface area (Å²) in [7, 11) is 3.72. The maximum atomic E-state index is 13.1. The van der Waals surface area contributed by atoms with E-state index in [9.17, 15) is 13.6 Å². The number of nitrogens with one attached hydrogen (secondary N) is 1. The van der Waals surface area contributed by atoms with Crippen molar-refractivity contribution in [2.75, 3.05) is 35.9 Å². The molecule has 47 heavy (non-hydrogen) atoms. The Morgan fingerprint density at radius 2 is 1.32 bits per heavy atom. The van der Waals surface area contributed by atoms with Gasteiger partial charge in [-0.05, 0) is 106 Å². The number of nitrogens with zero attached hydrogens (tertiary/aromatic N) is 2. The standard InChI is InChI=1S/C20H25FN2O3.C17H21FN2O/c1-5-25-20(24)22-18-11-10-17(12-19(18)26-14(2)3)23(4)13-15-6-8-16(21)9-7-15;1-12(2)21-17-11-14(6-9-16(17)20(3)19)10-13-4-7-15(18)8-5-13/h6-12,14H,5,13H2,1-4H3,(H,22,24);4-9,11-12H,10,19H2,1-3H3. The Kier molecular flexibility index (Phi) is 13.8. The predicted octanol–water partition coefficient (Wildman–Crippen LogP) is 8.33. The molecule has 0 saturated carbocycles. The molecular weight excluding hydrogens is 602 g/mol. The summed E-state index contributed by atoms with van der Waals surface area (Å²) in [5.74, 6) is 6.68. The summed E-state index contributed by atoms with van der Waals surface area (Å²) in [6, 6.07) is 24.4. The summed E-state index contributed by atoms with van der Waals surface area (Å²) < 4.78 is 42.6. The van der Waals surface area contributed by atoms with E-state index in [-0.39, 0.29) is 23.8 Å². The van der Waals surface area contributed by atoms with Gasteiger partial charge in [-0.1, -0.05) is 30.3 Å². The molecule has 0 aliphatic carbocycles. The summed E-state index contributed by atoms with van der Waals surface area (Å²) in [4.78, 5) is 13.7. The Hall–Kier alpha value is -4.83. The fourth-order valence-corrected chi connectivity index (χ4v) is 4.58. The number of nitrogens with two attached hydrogens (primary N) is 1. The number of benzene rings is 4. The molecule has 0 saturated heterocycles. The van der Waals surface area contributed by atoms with Crippen molar-refractivity contribution in [3.63, 3.8) is 0 Å². The summed E-state index contributed by atoms with van der Waals surface area (Å²) >= 11 is 0. The van der Waals surface area contributed by atoms with Crippen molar-refractivity contribution in [3.05, 3.63) is 113 Å². The van der Waals surface area contributed by atoms with Crippen molar-refractivity contribution in [1.82, 2.24) is 0 Å². The molecule has 0 radical (unpaired) electrons. The zero-order valence-corrected chi connectivity index (χ0v) is 28.2. The number of carbonyl (C=O) groups excluding carboxylic acids is 1. The molecule has 1 amide bonds. The van der Waals surface area contributed by atoms with Gasteiger partial charge >= 0.3 is 6.09 Å². The molecular formula is C37H46F2N4O4. The number of anilines is 3. The van der Waals surface area contributed by atoms with Crippen LogP contribution >= 0.6 is 0 Å². The molecule has 0 heterocycles. The quantitative estimate of drug-likeness (QED) is 0.118. The van der Waals surface area contributed by atoms with Gasteiger partial charge in [-0.25, -0.2) is 19.4 Å². The average Bonchev–Trinajstić information content (AvgIpc) is 3.00. The van der Waals surface area contributed by atoms with E-state index in [1.807, 2.05) is 70.0 Å². The molecule has 0 unspecified atom stereocenters. The van der Waals surface area contributed by atoms with Crippen LogP contribution in [0.1, 0.15) is 51.3 Å². The van der Waals surface area contributed by atoms with Crippen molar-refractivity contribution < 1.29 is 27.8 Å². The highest BCUT2D eigenvalue weighted by Crippen LogP contribution is 2.32. The largest absolute Gasteiger partial charge is 0.489 e. The van der Waals surface area contributed by atoms with Gasteiger partial charge in [0.25, 0.3) is 0 Å². The minimum absolute atomic E-state index is 0.0459. The summed E-state index contributed by atoms with van der Waals surface area (Å²) in [5.41, 5.74) is 5.46. The first-order valence-electron chi connectivity index (χ1n) is 15.6. The van der Waals surface area contributed by atoms with Crippen LogP contribution in [0, 0.1) is 11.6 Å². The van der Waals surface area contributed by atoms with Gasteiger partial charge < -0.3 is 24.1 Å². The maximum Gasteiger partial charge on any atom is 0.411 e. The zero-order valence-electron chi connectivity index (χ0n) is 28.2. The second-order valence-corrected chi connectivity index (χ2v) is 11.6. The highest BCUT2D eigenvalue weighted by molar-refractivity contribution is 5.87. The van der Waals surface area contributed by atoms with Crippen LogP contribution in [0.25, 0.3) is 0 Å². The Balaban J connectivity index is 0.000000261. The van der Waals surface area contributed by atoms with E-state index in [0.717, 1.165) is 40.2 Å². The van der Waals surface area contributed by atoms with Crippen LogP contribution in [0.15, 0.2) is 84.9 Å². The fourth-order valence-electron chi connectivity index (χ4n) is 4.58. The van der Waals surface area contributed by atoms with Crippen molar-refractivity contribution in [1.29, 1.82) is 0 Å². The highest BCUT2D eigenvalue weighted by Gasteiger charge is 2.14. The molecule has 8 nitrogen and oxygen atoms in total. The Morgan fingerprint density at radius 3 is 1.87 bits per heavy atom. The number of amides is 1. The molecule has 0 atom stereocenters. The van der Waals surface area contributed by atoms with Crippen LogP contribution in [-0.4, -0.2) is 39.0 Å². The number of hydrazine groups is 1. The number of hydrogen-bond donors (Lipinski definition) is 2. The Bertz CT molecular complexity index is 1560. The first kappa shape index (κ1) is 36.6. The van der Waals surface area contributed by atoms with E-state index < -0.39 is 6.09 Å². The highest BCUT2D eigenvalue weighted by atomic mass is 19.1. The van der Waals surface area contributed by atoms with E-state index in [4.69, 9.17) is 20.1 Å². The Labute approximate surface area is 277 Å². The van der Waals surface area contributed by atoms with E-state index in [2.05, 4.69) is 5.32 Å². The van der Waals surface area contributed by atoms with Crippen LogP contribution in [0.4, 0.5) is 30.6 Å². The van der Waals surface area contributed by atoms with Gasteiger partial charge in [-0.2, -0.15) is 0 Å². The second-order valence-electron chi connectivity index (χ2n) is 11.6. The average molecular weight is 649 g/mol. The van der Waals surface area contributed by atoms with Crippen molar-refractivity contribution in [3.8, 4) is 11.5 Å². The molecule has 3 N–H and O–H groups in total. The SMILES string of the molecule is CC(C)Oc1cc(Cc2ccc(F)cc2)ccc1N(C)N.CCOC(=O)Nc1ccc(N(C)Cc2ccc(F)cc2)cc1OC(C)C. The number of ether oxygens (including phenoxy) is 3. The molecule has 0 bridgehead atoms. The lowest BCUT2D eigenvalue weighted by Crippen LogP contribution is -2.26. The molecule has 4 aromatic rings. The monoisotopic (exact) mass is 648 g/mol. The fraction of sp³-hybridized carbons (Fsp3) is 0.324. The van der Waals surface area contributed by atoms with Gasteiger partial charge in [0.15, 0.2) is 0 Å². The maximum absolute atomic E-state index is 13.1.